The minimum atomic E-state index is -0.983. The predicted molar refractivity (Wildman–Crippen MR) is 106 cm³/mol. The zero-order chi connectivity index (χ0) is 20.8. The van der Waals surface area contributed by atoms with Crippen molar-refractivity contribution in [3.05, 3.63) is 89.5 Å². The first-order chi connectivity index (χ1) is 13.9. The van der Waals surface area contributed by atoms with Gasteiger partial charge in [-0.1, -0.05) is 42.5 Å². The van der Waals surface area contributed by atoms with Crippen molar-refractivity contribution in [3.8, 4) is 0 Å². The van der Waals surface area contributed by atoms with Gasteiger partial charge in [0.2, 0.25) is 0 Å². The number of amides is 1. The molecule has 0 fully saturated rings. The molecule has 2 aromatic carbocycles. The van der Waals surface area contributed by atoms with E-state index in [1.807, 2.05) is 30.3 Å². The minimum absolute atomic E-state index is 0.271. The van der Waals surface area contributed by atoms with E-state index < -0.39 is 18.0 Å². The zero-order valence-electron chi connectivity index (χ0n) is 16.2. The van der Waals surface area contributed by atoms with Gasteiger partial charge in [0.1, 0.15) is 5.82 Å². The first kappa shape index (κ1) is 20.3. The van der Waals surface area contributed by atoms with Gasteiger partial charge in [0.05, 0.1) is 24.3 Å². The SMILES string of the molecule is CC(OC(=O)c1cnn(Cc2ccccc2)c1)C(=O)NC(C)c1ccc(F)cc1. The zero-order valence-corrected chi connectivity index (χ0v) is 16.2. The van der Waals surface area contributed by atoms with E-state index in [4.69, 9.17) is 4.74 Å². The second-order valence-electron chi connectivity index (χ2n) is 6.74. The van der Waals surface area contributed by atoms with Crippen molar-refractivity contribution in [1.29, 1.82) is 0 Å². The summed E-state index contributed by atoms with van der Waals surface area (Å²) in [7, 11) is 0. The molecule has 1 heterocycles. The Morgan fingerprint density at radius 2 is 1.79 bits per heavy atom. The lowest BCUT2D eigenvalue weighted by molar-refractivity contribution is -0.129. The molecule has 2 unspecified atom stereocenters. The Morgan fingerprint density at radius 3 is 2.48 bits per heavy atom. The van der Waals surface area contributed by atoms with Crippen LogP contribution in [0.25, 0.3) is 0 Å². The molecule has 2 atom stereocenters. The van der Waals surface area contributed by atoms with Gasteiger partial charge in [0, 0.05) is 6.20 Å². The maximum absolute atomic E-state index is 13.0. The number of carbonyl (C=O) groups is 2. The molecule has 3 rings (SSSR count). The summed E-state index contributed by atoms with van der Waals surface area (Å²) in [6.45, 7) is 3.80. The van der Waals surface area contributed by atoms with Gasteiger partial charge in [-0.3, -0.25) is 9.48 Å². The molecular formula is C22H22FN3O3. The Hall–Kier alpha value is -3.48. The van der Waals surface area contributed by atoms with Crippen LogP contribution in [0.5, 0.6) is 0 Å². The fourth-order valence-electron chi connectivity index (χ4n) is 2.77. The highest BCUT2D eigenvalue weighted by Crippen LogP contribution is 2.14. The number of nitrogens with one attached hydrogen (secondary N) is 1. The first-order valence-electron chi connectivity index (χ1n) is 9.25. The number of rotatable bonds is 7. The molecule has 3 aromatic rings. The van der Waals surface area contributed by atoms with Crippen LogP contribution < -0.4 is 5.32 Å². The molecule has 1 aromatic heterocycles. The Balaban J connectivity index is 1.54. The third kappa shape index (κ3) is 5.51. The second-order valence-corrected chi connectivity index (χ2v) is 6.74. The molecule has 150 valence electrons. The van der Waals surface area contributed by atoms with Crippen molar-refractivity contribution in [3.63, 3.8) is 0 Å². The van der Waals surface area contributed by atoms with Crippen molar-refractivity contribution in [2.45, 2.75) is 32.5 Å². The molecule has 7 heteroatoms. The highest BCUT2D eigenvalue weighted by Gasteiger charge is 2.21. The standard InChI is InChI=1S/C22H22FN3O3/c1-15(18-8-10-20(23)11-9-18)25-21(27)16(2)29-22(28)19-12-24-26(14-19)13-17-6-4-3-5-7-17/h3-12,14-16H,13H2,1-2H3,(H,25,27). The lowest BCUT2D eigenvalue weighted by Gasteiger charge is -2.18. The fraction of sp³-hybridized carbons (Fsp3) is 0.227. The van der Waals surface area contributed by atoms with Crippen LogP contribution in [0, 0.1) is 5.82 Å². The van der Waals surface area contributed by atoms with E-state index in [9.17, 15) is 14.0 Å². The van der Waals surface area contributed by atoms with E-state index >= 15 is 0 Å². The summed E-state index contributed by atoms with van der Waals surface area (Å²) in [6.07, 6.45) is 2.01. The van der Waals surface area contributed by atoms with E-state index in [0.29, 0.717) is 6.54 Å². The summed E-state index contributed by atoms with van der Waals surface area (Å²) in [5.74, 6) is -1.41. The molecule has 0 aliphatic rings. The summed E-state index contributed by atoms with van der Waals surface area (Å²) < 4.78 is 19.9. The summed E-state index contributed by atoms with van der Waals surface area (Å²) in [5, 5.41) is 6.92. The van der Waals surface area contributed by atoms with E-state index in [1.54, 1.807) is 29.9 Å². The molecule has 0 saturated heterocycles. The second kappa shape index (κ2) is 9.14. The maximum Gasteiger partial charge on any atom is 0.342 e. The van der Waals surface area contributed by atoms with Crippen LogP contribution in [-0.4, -0.2) is 27.8 Å². The number of nitrogens with zero attached hydrogens (tertiary/aromatic N) is 2. The largest absolute Gasteiger partial charge is 0.449 e. The van der Waals surface area contributed by atoms with Gasteiger partial charge in [-0.25, -0.2) is 9.18 Å². The third-order valence-corrected chi connectivity index (χ3v) is 4.44. The summed E-state index contributed by atoms with van der Waals surface area (Å²) in [6, 6.07) is 15.2. The van der Waals surface area contributed by atoms with Gasteiger partial charge in [-0.2, -0.15) is 5.10 Å². The quantitative estimate of drug-likeness (QED) is 0.622. The highest BCUT2D eigenvalue weighted by atomic mass is 19.1. The lowest BCUT2D eigenvalue weighted by Crippen LogP contribution is -2.37. The maximum atomic E-state index is 13.0. The normalized spacial score (nSPS) is 12.8. The number of benzene rings is 2. The van der Waals surface area contributed by atoms with Gasteiger partial charge < -0.3 is 10.1 Å². The molecule has 0 radical (unpaired) electrons. The van der Waals surface area contributed by atoms with Crippen LogP contribution >= 0.6 is 0 Å². The molecular weight excluding hydrogens is 373 g/mol. The van der Waals surface area contributed by atoms with Crippen molar-refractivity contribution in [1.82, 2.24) is 15.1 Å². The highest BCUT2D eigenvalue weighted by molar-refractivity contribution is 5.91. The van der Waals surface area contributed by atoms with Crippen LogP contribution in [0.1, 0.15) is 41.4 Å². The van der Waals surface area contributed by atoms with Gasteiger partial charge in [-0.15, -0.1) is 0 Å². The fourth-order valence-corrected chi connectivity index (χ4v) is 2.77. The Labute approximate surface area is 168 Å². The number of esters is 1. The van der Waals surface area contributed by atoms with Crippen molar-refractivity contribution >= 4 is 11.9 Å². The first-order valence-corrected chi connectivity index (χ1v) is 9.25. The van der Waals surface area contributed by atoms with Crippen LogP contribution in [-0.2, 0) is 16.1 Å². The average molecular weight is 395 g/mol. The van der Waals surface area contributed by atoms with Gasteiger partial charge in [0.25, 0.3) is 5.91 Å². The predicted octanol–water partition coefficient (Wildman–Crippen LogP) is 3.49. The number of carbonyl (C=O) groups excluding carboxylic acids is 2. The monoisotopic (exact) mass is 395 g/mol. The van der Waals surface area contributed by atoms with Gasteiger partial charge in [0.15, 0.2) is 6.10 Å². The van der Waals surface area contributed by atoms with E-state index in [2.05, 4.69) is 10.4 Å². The van der Waals surface area contributed by atoms with Crippen molar-refractivity contribution < 1.29 is 18.7 Å². The van der Waals surface area contributed by atoms with Crippen molar-refractivity contribution in [2.24, 2.45) is 0 Å². The van der Waals surface area contributed by atoms with E-state index in [1.165, 1.54) is 25.3 Å². The van der Waals surface area contributed by atoms with E-state index in [-0.39, 0.29) is 17.4 Å². The molecule has 1 amide bonds. The number of ether oxygens (including phenoxy) is 1. The summed E-state index contributed by atoms with van der Waals surface area (Å²) >= 11 is 0. The van der Waals surface area contributed by atoms with Crippen molar-refractivity contribution in [2.75, 3.05) is 0 Å². The summed E-state index contributed by atoms with van der Waals surface area (Å²) in [5.41, 5.74) is 2.07. The molecule has 6 nitrogen and oxygen atoms in total. The van der Waals surface area contributed by atoms with Crippen LogP contribution in [0.15, 0.2) is 67.0 Å². The van der Waals surface area contributed by atoms with Gasteiger partial charge in [-0.05, 0) is 37.1 Å². The molecule has 0 saturated carbocycles. The minimum Gasteiger partial charge on any atom is -0.449 e. The molecule has 0 aliphatic carbocycles. The number of hydrogen-bond donors (Lipinski definition) is 1. The molecule has 29 heavy (non-hydrogen) atoms. The molecule has 0 aliphatic heterocycles. The molecule has 0 spiro atoms. The summed E-state index contributed by atoms with van der Waals surface area (Å²) in [4.78, 5) is 24.6. The molecule has 1 N–H and O–H groups in total. The van der Waals surface area contributed by atoms with Crippen LogP contribution in [0.4, 0.5) is 4.39 Å². The Bertz CT molecular complexity index is 970. The average Bonchev–Trinajstić information content (AvgIpc) is 3.17. The van der Waals surface area contributed by atoms with Gasteiger partial charge >= 0.3 is 5.97 Å². The van der Waals surface area contributed by atoms with Crippen LogP contribution in [0.3, 0.4) is 0 Å². The Morgan fingerprint density at radius 1 is 1.10 bits per heavy atom. The lowest BCUT2D eigenvalue weighted by atomic mass is 10.1. The third-order valence-electron chi connectivity index (χ3n) is 4.44. The molecule has 0 bridgehead atoms. The smallest absolute Gasteiger partial charge is 0.342 e. The topological polar surface area (TPSA) is 73.2 Å². The number of aromatic nitrogens is 2. The van der Waals surface area contributed by atoms with Crippen LogP contribution in [0.2, 0.25) is 0 Å². The Kier molecular flexibility index (Phi) is 6.39. The number of halogens is 1. The van der Waals surface area contributed by atoms with E-state index in [0.717, 1.165) is 11.1 Å². The number of hydrogen-bond acceptors (Lipinski definition) is 4.